The van der Waals surface area contributed by atoms with Gasteiger partial charge >= 0.3 is 0 Å². The normalized spacial score (nSPS) is 17.6. The predicted molar refractivity (Wildman–Crippen MR) is 589 cm³/mol. The minimum atomic E-state index is 0. The Kier molecular flexibility index (Phi) is 40.9. The number of ether oxygens (including phenoxy) is 16. The van der Waals surface area contributed by atoms with E-state index in [0.29, 0.717) is 112 Å². The highest BCUT2D eigenvalue weighted by Crippen LogP contribution is 2.54. The maximum absolute atomic E-state index is 13.4. The Morgan fingerprint density at radius 1 is 0.301 bits per heavy atom. The summed E-state index contributed by atoms with van der Waals surface area (Å²) in [6.07, 6.45) is 12.8. The number of aryl methyl sites for hydroxylation is 1. The number of carbonyl (C=O) groups is 4. The van der Waals surface area contributed by atoms with Crippen LogP contribution in [0.1, 0.15) is 145 Å². The molecule has 8 aliphatic rings. The quantitative estimate of drug-likeness (QED) is 0.0424. The molecule has 8 aromatic carbocycles. The van der Waals surface area contributed by atoms with Crippen molar-refractivity contribution in [2.45, 2.75) is 97.7 Å². The number of piperazine rings is 1. The van der Waals surface area contributed by atoms with E-state index in [9.17, 15) is 19.2 Å². The Morgan fingerprint density at radius 3 is 0.890 bits per heavy atom. The summed E-state index contributed by atoms with van der Waals surface area (Å²) in [7, 11) is 38.3. The van der Waals surface area contributed by atoms with Crippen LogP contribution >= 0.6 is 37.2 Å². The number of hydrogen-bond donors (Lipinski definition) is 1. The first-order valence-electron chi connectivity index (χ1n) is 48.3. The van der Waals surface area contributed by atoms with E-state index in [0.717, 1.165) is 230 Å². The Morgan fingerprint density at radius 2 is 0.596 bits per heavy atom. The average molecular weight is 2070 g/mol. The maximum atomic E-state index is 13.4. The number of rotatable bonds is 31. The highest BCUT2D eigenvalue weighted by molar-refractivity contribution is 6.13. The van der Waals surface area contributed by atoms with Crippen LogP contribution in [0.15, 0.2) is 138 Å². The maximum Gasteiger partial charge on any atom is 0.227 e. The molecule has 4 amide bonds. The monoisotopic (exact) mass is 2060 g/mol. The molecule has 0 aromatic heterocycles. The number of methoxy groups -OCH3 is 16. The number of halogens is 3. The topological polar surface area (TPSA) is 251 Å². The zero-order valence-corrected chi connectivity index (χ0v) is 92.0. The Labute approximate surface area is 880 Å². The van der Waals surface area contributed by atoms with E-state index >= 15 is 0 Å². The van der Waals surface area contributed by atoms with E-state index in [1.807, 2.05) is 99.6 Å². The summed E-state index contributed by atoms with van der Waals surface area (Å²) >= 11 is 0. The first-order chi connectivity index (χ1) is 68.8. The van der Waals surface area contributed by atoms with Crippen LogP contribution in [0.4, 0.5) is 0 Å². The van der Waals surface area contributed by atoms with Gasteiger partial charge in [0.05, 0.1) is 139 Å². The van der Waals surface area contributed by atoms with Crippen molar-refractivity contribution < 1.29 is 95.0 Å². The second kappa shape index (κ2) is 51.9. The van der Waals surface area contributed by atoms with Gasteiger partial charge in [-0.05, 0) is 346 Å². The van der Waals surface area contributed by atoms with Gasteiger partial charge in [0.25, 0.3) is 0 Å². The number of amides is 4. The molecule has 16 rings (SSSR count). The largest absolute Gasteiger partial charge is 0.497 e. The minimum absolute atomic E-state index is 0. The summed E-state index contributed by atoms with van der Waals surface area (Å²) in [6, 6.07) is 39.0. The van der Waals surface area contributed by atoms with Crippen LogP contribution in [0.25, 0.3) is 68.9 Å². The molecule has 31 heteroatoms. The molecule has 0 unspecified atom stereocenters. The standard InChI is InChI=1S/C29H36N2O6.C29H36N2O5.C29H36N2O4.C28H34N2O5.3ClH/c1-17-20(10-18-11-26(35-5)29(37-7)27(12-18)36-6)22-13-24(33-3)25(34-4)14-23(22)21(17)15-28(32)30-19-8-9-31(2)16-19;1-18-23(12-19-13-26(34-5)29(36-7)27(14-19)35-6)22-9-8-21(33-4)15-25(22)24(18)16-28(32)31-11-10-20(17-31)30(2)3;1-18-8-9-22-23(13-20-14-26(33-5)29(35-7)27(15-20)34-6)19(2)24(25(22)12-18)16-28(32)31-11-10-21(17-31)30(3)4;1-18-22(13-19-14-25(33-4)28(35-6)26(15-19)34-5)21-8-7-20(32-3)16-24(21)23(18)17-27(31)30-11-9-29(2)10-12-30;;;/h10-14,19H,8-9,15-16H2,1-7H3,(H,30,32);8-9,12-15,20H,10-11,16-17H2,1-7H3;8-9,12-15,21H,10-11,16-17H2,1-7H3;7-8,13-16H,9-12,17H2,1-6H3;3*1H/b20-10-;23-12-;23-13-;22-13-;;;/t19-;20-;21-;;;;/m001..../s1. The van der Waals surface area contributed by atoms with E-state index in [1.54, 1.807) is 114 Å². The summed E-state index contributed by atoms with van der Waals surface area (Å²) in [5.74, 6) is 10.3. The molecule has 0 saturated carbocycles. The molecule has 28 nitrogen and oxygen atoms in total. The first-order valence-corrected chi connectivity index (χ1v) is 48.3. The van der Waals surface area contributed by atoms with Crippen LogP contribution in [0, 0.1) is 6.92 Å². The SMILES string of the molecule is COc1cc(/C=C2/C(C)=C(CC(=O)N3CC[C@@H](N(C)C)C3)c3cc(C)ccc32)cc(OC)c1OC.COc1cc2c(cc1OC)/C(=C\c1cc(OC)c(OC)c(OC)c1)C(C)=C2CC(=O)N[C@H]1CCN(C)C1.COc1ccc2c(c1)C(CC(=O)N1CCN(C)CC1)=C(C)/C2=C/c1cc(OC)c(OC)c(OC)c1.COc1ccc2c(c1)C(CC(=O)N1CC[C@H](N(C)C)C1)=C(C)/C2=C/c1cc(OC)c(OC)c(OC)c1.Cl.Cl.Cl. The van der Waals surface area contributed by atoms with Gasteiger partial charge in [-0.2, -0.15) is 0 Å². The molecule has 4 aliphatic heterocycles. The van der Waals surface area contributed by atoms with Crippen LogP contribution in [0.2, 0.25) is 0 Å². The molecule has 0 bridgehead atoms. The number of hydrogen-bond acceptors (Lipinski definition) is 24. The van der Waals surface area contributed by atoms with E-state index in [4.69, 9.17) is 75.8 Å². The minimum Gasteiger partial charge on any atom is -0.497 e. The number of nitrogens with one attached hydrogen (secondary N) is 1. The van der Waals surface area contributed by atoms with Gasteiger partial charge in [-0.15, -0.1) is 37.2 Å². The molecule has 4 fully saturated rings. The fraction of sp³-hybridized carbons (Fsp3) is 0.409. The van der Waals surface area contributed by atoms with E-state index < -0.39 is 0 Å². The lowest BCUT2D eigenvalue weighted by Crippen LogP contribution is -2.47. The van der Waals surface area contributed by atoms with Gasteiger partial charge in [0, 0.05) is 77.0 Å². The van der Waals surface area contributed by atoms with Crippen LogP contribution in [0.3, 0.4) is 0 Å². The summed E-state index contributed by atoms with van der Waals surface area (Å²) in [4.78, 5) is 67.9. The molecular weight excluding hydrogens is 1920 g/mol. The molecule has 4 aliphatic carbocycles. The van der Waals surface area contributed by atoms with Crippen molar-refractivity contribution >= 4 is 130 Å². The van der Waals surface area contributed by atoms with Crippen molar-refractivity contribution in [1.82, 2.24) is 39.6 Å². The van der Waals surface area contributed by atoms with Gasteiger partial charge in [0.15, 0.2) is 57.5 Å². The lowest BCUT2D eigenvalue weighted by atomic mass is 9.98. The van der Waals surface area contributed by atoms with Gasteiger partial charge in [-0.3, -0.25) is 19.2 Å². The van der Waals surface area contributed by atoms with Gasteiger partial charge in [-0.1, -0.05) is 35.9 Å². The van der Waals surface area contributed by atoms with E-state index in [-0.39, 0.29) is 73.3 Å². The molecule has 3 atom stereocenters. The molecule has 4 heterocycles. The fourth-order valence-corrected chi connectivity index (χ4v) is 20.2. The number of carbonyl (C=O) groups excluding carboxylic acids is 4. The average Bonchev–Trinajstić information content (AvgIpc) is 1.62. The molecule has 146 heavy (non-hydrogen) atoms. The van der Waals surface area contributed by atoms with Gasteiger partial charge in [0.2, 0.25) is 46.6 Å². The summed E-state index contributed by atoms with van der Waals surface area (Å²) in [5.41, 5.74) is 26.1. The zero-order valence-electron chi connectivity index (χ0n) is 89.6. The Balaban J connectivity index is 0.000000198. The van der Waals surface area contributed by atoms with Crippen molar-refractivity contribution in [3.63, 3.8) is 0 Å². The molecule has 8 aromatic rings. The van der Waals surface area contributed by atoms with Crippen LogP contribution in [-0.4, -0.2) is 298 Å². The van der Waals surface area contributed by atoms with Gasteiger partial charge in [0.1, 0.15) is 11.5 Å². The predicted octanol–water partition coefficient (Wildman–Crippen LogP) is 19.2. The smallest absolute Gasteiger partial charge is 0.227 e. The molecule has 0 spiro atoms. The molecule has 0 radical (unpaired) electrons. The Hall–Kier alpha value is -12.9. The van der Waals surface area contributed by atoms with E-state index in [2.05, 4.69) is 156 Å². The number of likely N-dealkylation sites (N-methyl/N-ethyl adjacent to an activating group) is 4. The van der Waals surface area contributed by atoms with Crippen LogP contribution in [0.5, 0.6) is 92.0 Å². The highest BCUT2D eigenvalue weighted by atomic mass is 35.5. The second-order valence-corrected chi connectivity index (χ2v) is 37.3. The number of allylic oxidation sites excluding steroid dienone is 8. The molecule has 786 valence electrons. The van der Waals surface area contributed by atoms with Crippen LogP contribution < -0.4 is 81.1 Å². The van der Waals surface area contributed by atoms with Gasteiger partial charge in [-0.25, -0.2) is 0 Å². The number of benzene rings is 8. The van der Waals surface area contributed by atoms with Crippen molar-refractivity contribution in [2.24, 2.45) is 0 Å². The third-order valence-electron chi connectivity index (χ3n) is 28.5. The lowest BCUT2D eigenvalue weighted by molar-refractivity contribution is -0.132. The number of fused-ring (bicyclic) bond motifs is 4. The lowest BCUT2D eigenvalue weighted by Gasteiger charge is -2.32. The summed E-state index contributed by atoms with van der Waals surface area (Å²) < 4.78 is 88.5. The second-order valence-electron chi connectivity index (χ2n) is 37.3. The number of nitrogens with zero attached hydrogens (tertiary/aromatic N) is 7. The van der Waals surface area contributed by atoms with Gasteiger partial charge < -0.3 is 115 Å². The molecular formula is C115H145Cl3N8O20. The summed E-state index contributed by atoms with van der Waals surface area (Å²) in [5, 5.41) is 3.21. The third kappa shape index (κ3) is 25.5. The van der Waals surface area contributed by atoms with Crippen LogP contribution in [-0.2, 0) is 19.2 Å². The fourth-order valence-electron chi connectivity index (χ4n) is 20.2. The number of likely N-dealkylation sites (tertiary alicyclic amines) is 3. The van der Waals surface area contributed by atoms with Crippen molar-refractivity contribution in [3.8, 4) is 92.0 Å². The van der Waals surface area contributed by atoms with Crippen molar-refractivity contribution in [1.29, 1.82) is 0 Å². The highest BCUT2D eigenvalue weighted by Gasteiger charge is 2.37. The van der Waals surface area contributed by atoms with E-state index in [1.165, 1.54) is 5.56 Å². The molecule has 4 saturated heterocycles. The zero-order chi connectivity index (χ0) is 103. The van der Waals surface area contributed by atoms with Crippen molar-refractivity contribution in [2.75, 3.05) is 221 Å². The Bertz CT molecular complexity index is 6260. The third-order valence-corrected chi connectivity index (χ3v) is 28.5. The first kappa shape index (κ1) is 115. The summed E-state index contributed by atoms with van der Waals surface area (Å²) in [6.45, 7) is 18.8. The molecule has 1 N–H and O–H groups in total. The van der Waals surface area contributed by atoms with Crippen molar-refractivity contribution in [3.05, 3.63) is 210 Å².